The third-order valence-electron chi connectivity index (χ3n) is 4.12. The van der Waals surface area contributed by atoms with Gasteiger partial charge >= 0.3 is 5.97 Å². The predicted octanol–water partition coefficient (Wildman–Crippen LogP) is 3.50. The third-order valence-corrected chi connectivity index (χ3v) is 4.12. The maximum Gasteiger partial charge on any atom is 0.340 e. The average Bonchev–Trinajstić information content (AvgIpc) is 2.66. The van der Waals surface area contributed by atoms with E-state index in [9.17, 15) is 9.18 Å². The largest absolute Gasteiger partial charge is 0.497 e. The van der Waals surface area contributed by atoms with Crippen molar-refractivity contribution in [2.45, 2.75) is 12.5 Å². The molecule has 0 N–H and O–H groups in total. The van der Waals surface area contributed by atoms with Gasteiger partial charge < -0.3 is 19.0 Å². The fourth-order valence-corrected chi connectivity index (χ4v) is 2.84. The lowest BCUT2D eigenvalue weighted by atomic mass is 9.95. The van der Waals surface area contributed by atoms with E-state index >= 15 is 0 Å². The summed E-state index contributed by atoms with van der Waals surface area (Å²) >= 11 is 0. The molecule has 136 valence electrons. The fraction of sp³-hybridized carbons (Fsp3) is 0.263. The number of esters is 1. The van der Waals surface area contributed by atoms with E-state index in [4.69, 9.17) is 14.3 Å². The van der Waals surface area contributed by atoms with Gasteiger partial charge in [-0.05, 0) is 29.8 Å². The van der Waals surface area contributed by atoms with Crippen molar-refractivity contribution in [3.05, 3.63) is 58.9 Å². The summed E-state index contributed by atoms with van der Waals surface area (Å²) in [5, 5.41) is 4.07. The highest BCUT2D eigenvalue weighted by molar-refractivity contribution is 6.04. The molecular weight excluding hydrogens is 341 g/mol. The first-order valence-corrected chi connectivity index (χ1v) is 7.90. The summed E-state index contributed by atoms with van der Waals surface area (Å²) < 4.78 is 30.1. The summed E-state index contributed by atoms with van der Waals surface area (Å²) in [6.07, 6.45) is -0.0887. The van der Waals surface area contributed by atoms with Gasteiger partial charge in [0, 0.05) is 18.1 Å². The van der Waals surface area contributed by atoms with E-state index in [1.165, 1.54) is 26.4 Å². The number of hydrogen-bond donors (Lipinski definition) is 0. The van der Waals surface area contributed by atoms with Crippen molar-refractivity contribution in [2.75, 3.05) is 21.3 Å². The van der Waals surface area contributed by atoms with Crippen LogP contribution in [0.1, 0.15) is 34.0 Å². The van der Waals surface area contributed by atoms with Crippen LogP contribution in [0.15, 0.2) is 41.6 Å². The summed E-state index contributed by atoms with van der Waals surface area (Å²) in [5.74, 6) is -0.197. The van der Waals surface area contributed by atoms with E-state index in [0.717, 1.165) is 5.56 Å². The summed E-state index contributed by atoms with van der Waals surface area (Å²) in [4.78, 5) is 16.5. The third kappa shape index (κ3) is 3.33. The quantitative estimate of drug-likeness (QED) is 0.617. The van der Waals surface area contributed by atoms with Crippen molar-refractivity contribution < 1.29 is 28.2 Å². The van der Waals surface area contributed by atoms with Crippen LogP contribution in [0.3, 0.4) is 0 Å². The Morgan fingerprint density at radius 2 is 2.00 bits per heavy atom. The number of nitrogens with zero attached hydrogens (tertiary/aromatic N) is 1. The molecule has 6 nitrogen and oxygen atoms in total. The first-order valence-electron chi connectivity index (χ1n) is 7.90. The molecule has 1 aliphatic rings. The molecule has 1 unspecified atom stereocenters. The molecule has 0 radical (unpaired) electrons. The number of carbonyl (C=O) groups is 1. The molecule has 1 atom stereocenters. The molecule has 0 fully saturated rings. The number of benzene rings is 2. The van der Waals surface area contributed by atoms with Crippen LogP contribution in [0.5, 0.6) is 11.5 Å². The number of ether oxygens (including phenoxy) is 3. The molecule has 7 heteroatoms. The molecule has 0 amide bonds. The minimum absolute atomic E-state index is 0.125. The van der Waals surface area contributed by atoms with Gasteiger partial charge in [-0.15, -0.1) is 0 Å². The second-order valence-corrected chi connectivity index (χ2v) is 5.62. The van der Waals surface area contributed by atoms with Crippen molar-refractivity contribution in [3.8, 4) is 11.5 Å². The molecule has 0 aromatic heterocycles. The maximum absolute atomic E-state index is 14.3. The topological polar surface area (TPSA) is 66.4 Å². The van der Waals surface area contributed by atoms with Crippen LogP contribution in [-0.4, -0.2) is 33.0 Å². The molecule has 0 saturated carbocycles. The smallest absolute Gasteiger partial charge is 0.340 e. The van der Waals surface area contributed by atoms with Gasteiger partial charge in [0.15, 0.2) is 0 Å². The zero-order valence-electron chi connectivity index (χ0n) is 14.6. The summed E-state index contributed by atoms with van der Waals surface area (Å²) in [6.45, 7) is 0. The van der Waals surface area contributed by atoms with Crippen molar-refractivity contribution in [1.29, 1.82) is 0 Å². The normalized spacial score (nSPS) is 17.2. The Bertz CT molecular complexity index is 865. The van der Waals surface area contributed by atoms with E-state index in [-0.39, 0.29) is 5.56 Å². The van der Waals surface area contributed by atoms with Crippen LogP contribution < -0.4 is 9.47 Å². The Hall–Kier alpha value is -3.09. The minimum Gasteiger partial charge on any atom is -0.497 e. The lowest BCUT2D eigenvalue weighted by molar-refractivity contribution is 0.0595. The second kappa shape index (κ2) is 7.43. The Balaban J connectivity index is 1.98. The standard InChI is InChI=1S/C19H18FNO5/c1-23-12-5-7-14-16(21-25-3)10-17(26-18(14)9-12)11-4-6-13(15(20)8-11)19(22)24-2/h4-9,17H,10H2,1-3H3. The number of fused-ring (bicyclic) bond motifs is 1. The molecular formula is C19H18FNO5. The van der Waals surface area contributed by atoms with E-state index in [1.54, 1.807) is 25.3 Å². The predicted molar refractivity (Wildman–Crippen MR) is 92.3 cm³/mol. The number of halogens is 1. The highest BCUT2D eigenvalue weighted by Crippen LogP contribution is 2.37. The van der Waals surface area contributed by atoms with Gasteiger partial charge in [0.2, 0.25) is 0 Å². The van der Waals surface area contributed by atoms with Crippen molar-refractivity contribution in [1.82, 2.24) is 0 Å². The number of hydrogen-bond acceptors (Lipinski definition) is 6. The molecule has 3 rings (SSSR count). The Labute approximate surface area is 150 Å². The van der Waals surface area contributed by atoms with Crippen LogP contribution in [0.25, 0.3) is 0 Å². The molecule has 1 heterocycles. The van der Waals surface area contributed by atoms with Crippen LogP contribution in [0.4, 0.5) is 4.39 Å². The van der Waals surface area contributed by atoms with Gasteiger partial charge in [-0.2, -0.15) is 0 Å². The SMILES string of the molecule is CON=C1CC(c2ccc(C(=O)OC)c(F)c2)Oc2cc(OC)ccc21. The molecule has 0 saturated heterocycles. The zero-order chi connectivity index (χ0) is 18.7. The van der Waals surface area contributed by atoms with Crippen molar-refractivity contribution in [2.24, 2.45) is 5.16 Å². The summed E-state index contributed by atoms with van der Waals surface area (Å²) in [6, 6.07) is 9.67. The molecule has 0 spiro atoms. The van der Waals surface area contributed by atoms with Crippen LogP contribution in [0, 0.1) is 5.82 Å². The van der Waals surface area contributed by atoms with E-state index in [0.29, 0.717) is 29.2 Å². The molecule has 26 heavy (non-hydrogen) atoms. The number of carbonyl (C=O) groups excluding carboxylic acids is 1. The second-order valence-electron chi connectivity index (χ2n) is 5.62. The Morgan fingerprint density at radius 1 is 1.19 bits per heavy atom. The lowest BCUT2D eigenvalue weighted by Crippen LogP contribution is -2.21. The molecule has 2 aromatic rings. The van der Waals surface area contributed by atoms with Gasteiger partial charge in [0.25, 0.3) is 0 Å². The van der Waals surface area contributed by atoms with Crippen molar-refractivity contribution in [3.63, 3.8) is 0 Å². The average molecular weight is 359 g/mol. The maximum atomic E-state index is 14.3. The van der Waals surface area contributed by atoms with Gasteiger partial charge in [-0.1, -0.05) is 11.2 Å². The van der Waals surface area contributed by atoms with Crippen LogP contribution in [-0.2, 0) is 9.57 Å². The first kappa shape index (κ1) is 17.7. The molecule has 0 bridgehead atoms. The molecule has 2 aromatic carbocycles. The highest BCUT2D eigenvalue weighted by atomic mass is 19.1. The fourth-order valence-electron chi connectivity index (χ4n) is 2.84. The van der Waals surface area contributed by atoms with Crippen molar-refractivity contribution >= 4 is 11.7 Å². The lowest BCUT2D eigenvalue weighted by Gasteiger charge is -2.27. The number of rotatable bonds is 4. The van der Waals surface area contributed by atoms with Crippen LogP contribution in [0.2, 0.25) is 0 Å². The van der Waals surface area contributed by atoms with E-state index in [2.05, 4.69) is 9.89 Å². The molecule has 0 aliphatic carbocycles. The van der Waals surface area contributed by atoms with E-state index < -0.39 is 17.9 Å². The zero-order valence-corrected chi connectivity index (χ0v) is 14.6. The summed E-state index contributed by atoms with van der Waals surface area (Å²) in [7, 11) is 4.23. The van der Waals surface area contributed by atoms with Gasteiger partial charge in [-0.25, -0.2) is 9.18 Å². The number of oxime groups is 1. The first-order chi connectivity index (χ1) is 12.6. The monoisotopic (exact) mass is 359 g/mol. The Morgan fingerprint density at radius 3 is 2.65 bits per heavy atom. The van der Waals surface area contributed by atoms with Gasteiger partial charge in [0.05, 0.1) is 25.5 Å². The van der Waals surface area contributed by atoms with Crippen LogP contribution >= 0.6 is 0 Å². The summed E-state index contributed by atoms with van der Waals surface area (Å²) in [5.41, 5.74) is 1.92. The van der Waals surface area contributed by atoms with Gasteiger partial charge in [-0.3, -0.25) is 0 Å². The van der Waals surface area contributed by atoms with Gasteiger partial charge in [0.1, 0.15) is 30.5 Å². The number of methoxy groups -OCH3 is 2. The Kier molecular flexibility index (Phi) is 5.06. The molecule has 1 aliphatic heterocycles. The minimum atomic E-state index is -0.727. The highest BCUT2D eigenvalue weighted by Gasteiger charge is 2.28. The van der Waals surface area contributed by atoms with E-state index in [1.807, 2.05) is 6.07 Å².